The molecule has 1 spiro atoms. The van der Waals surface area contributed by atoms with E-state index in [0.717, 1.165) is 37.7 Å². The van der Waals surface area contributed by atoms with Gasteiger partial charge in [0, 0.05) is 5.41 Å². The van der Waals surface area contributed by atoms with Crippen molar-refractivity contribution in [1.82, 2.24) is 0 Å². The molecule has 2 nitrogen and oxygen atoms in total. The summed E-state index contributed by atoms with van der Waals surface area (Å²) < 4.78 is 45.2. The maximum atomic E-state index is 13.1. The lowest BCUT2D eigenvalue weighted by atomic mass is 9.57. The lowest BCUT2D eigenvalue weighted by Crippen LogP contribution is -2.50. The van der Waals surface area contributed by atoms with Gasteiger partial charge in [-0.2, -0.15) is 13.2 Å². The summed E-state index contributed by atoms with van der Waals surface area (Å²) in [5, 5.41) is 2.70. The van der Waals surface area contributed by atoms with Crippen molar-refractivity contribution in [2.75, 3.05) is 5.32 Å². The Morgan fingerprint density at radius 2 is 1.85 bits per heavy atom. The molecule has 2 aliphatic carbocycles. The SMILES string of the molecule is CCCC1CCC2(CC1)CCC2OC(=S)Nc1ccccc1C(F)(F)F. The summed E-state index contributed by atoms with van der Waals surface area (Å²) in [7, 11) is 0. The van der Waals surface area contributed by atoms with Gasteiger partial charge in [0.25, 0.3) is 5.17 Å². The van der Waals surface area contributed by atoms with Crippen molar-refractivity contribution in [3.63, 3.8) is 0 Å². The van der Waals surface area contributed by atoms with E-state index in [2.05, 4.69) is 12.2 Å². The second-order valence-corrected chi connectivity index (χ2v) is 8.07. The fourth-order valence-electron chi connectivity index (χ4n) is 4.48. The van der Waals surface area contributed by atoms with Gasteiger partial charge in [-0.15, -0.1) is 0 Å². The van der Waals surface area contributed by atoms with Gasteiger partial charge in [-0.1, -0.05) is 31.9 Å². The third-order valence-electron chi connectivity index (χ3n) is 6.10. The van der Waals surface area contributed by atoms with Crippen LogP contribution in [0.5, 0.6) is 0 Å². The van der Waals surface area contributed by atoms with Crippen LogP contribution in [-0.2, 0) is 10.9 Å². The second kappa shape index (κ2) is 7.75. The molecule has 0 heterocycles. The molecular weight excluding hydrogens is 359 g/mol. The molecule has 1 atom stereocenters. The third-order valence-corrected chi connectivity index (χ3v) is 6.30. The molecule has 2 fully saturated rings. The number of hydrogen-bond donors (Lipinski definition) is 1. The van der Waals surface area contributed by atoms with Gasteiger partial charge >= 0.3 is 6.18 Å². The minimum Gasteiger partial charge on any atom is -0.467 e. The minimum atomic E-state index is -4.42. The number of anilines is 1. The predicted octanol–water partition coefficient (Wildman–Crippen LogP) is 6.56. The third kappa shape index (κ3) is 4.16. The fraction of sp³-hybridized carbons (Fsp3) is 0.650. The van der Waals surface area contributed by atoms with Crippen molar-refractivity contribution in [2.45, 2.75) is 70.6 Å². The largest absolute Gasteiger partial charge is 0.467 e. The van der Waals surface area contributed by atoms with Gasteiger partial charge in [-0.25, -0.2) is 0 Å². The number of benzene rings is 1. The molecule has 0 aliphatic heterocycles. The van der Waals surface area contributed by atoms with Gasteiger partial charge in [0.1, 0.15) is 6.10 Å². The first kappa shape index (κ1) is 19.5. The maximum absolute atomic E-state index is 13.1. The van der Waals surface area contributed by atoms with Crippen LogP contribution in [-0.4, -0.2) is 11.3 Å². The van der Waals surface area contributed by atoms with Crippen LogP contribution in [0.1, 0.15) is 63.9 Å². The molecule has 1 aromatic rings. The Kier molecular flexibility index (Phi) is 5.80. The Hall–Kier alpha value is -1.30. The van der Waals surface area contributed by atoms with Crippen molar-refractivity contribution in [1.29, 1.82) is 0 Å². The maximum Gasteiger partial charge on any atom is 0.418 e. The number of alkyl halides is 3. The number of halogens is 3. The van der Waals surface area contributed by atoms with Gasteiger partial charge < -0.3 is 10.1 Å². The van der Waals surface area contributed by atoms with Gasteiger partial charge in [0.15, 0.2) is 0 Å². The van der Waals surface area contributed by atoms with Crippen molar-refractivity contribution < 1.29 is 17.9 Å². The van der Waals surface area contributed by atoms with E-state index in [1.165, 1.54) is 37.8 Å². The number of hydrogen-bond acceptors (Lipinski definition) is 2. The van der Waals surface area contributed by atoms with Crippen molar-refractivity contribution in [2.24, 2.45) is 11.3 Å². The van der Waals surface area contributed by atoms with E-state index in [-0.39, 0.29) is 22.4 Å². The van der Waals surface area contributed by atoms with Crippen LogP contribution < -0.4 is 5.32 Å². The first-order valence-corrected chi connectivity index (χ1v) is 9.89. The molecule has 0 bridgehead atoms. The Morgan fingerprint density at radius 3 is 2.42 bits per heavy atom. The molecule has 2 aliphatic rings. The molecule has 6 heteroatoms. The topological polar surface area (TPSA) is 21.3 Å². The first-order chi connectivity index (χ1) is 12.3. The summed E-state index contributed by atoms with van der Waals surface area (Å²) in [5.74, 6) is 0.815. The predicted molar refractivity (Wildman–Crippen MR) is 101 cm³/mol. The molecule has 26 heavy (non-hydrogen) atoms. The van der Waals surface area contributed by atoms with Crippen LogP contribution in [0.25, 0.3) is 0 Å². The van der Waals surface area contributed by atoms with Crippen LogP contribution in [0.2, 0.25) is 0 Å². The van der Waals surface area contributed by atoms with Gasteiger partial charge in [0.05, 0.1) is 11.3 Å². The van der Waals surface area contributed by atoms with E-state index >= 15 is 0 Å². The fourth-order valence-corrected chi connectivity index (χ4v) is 4.71. The van der Waals surface area contributed by atoms with Gasteiger partial charge in [-0.3, -0.25) is 0 Å². The van der Waals surface area contributed by atoms with Crippen LogP contribution in [0, 0.1) is 11.3 Å². The zero-order valence-corrected chi connectivity index (χ0v) is 15.9. The number of ether oxygens (including phenoxy) is 1. The molecule has 0 amide bonds. The van der Waals surface area contributed by atoms with Crippen LogP contribution >= 0.6 is 12.2 Å². The van der Waals surface area contributed by atoms with E-state index in [1.807, 2.05) is 0 Å². The lowest BCUT2D eigenvalue weighted by Gasteiger charge is -2.52. The molecule has 1 aromatic carbocycles. The molecule has 1 unspecified atom stereocenters. The summed E-state index contributed by atoms with van der Waals surface area (Å²) in [6.07, 6.45) is 4.93. The summed E-state index contributed by atoms with van der Waals surface area (Å²) in [6, 6.07) is 5.35. The Bertz CT molecular complexity index is 638. The van der Waals surface area contributed by atoms with Crippen molar-refractivity contribution >= 4 is 23.1 Å². The molecule has 144 valence electrons. The Labute approximate surface area is 158 Å². The highest BCUT2D eigenvalue weighted by atomic mass is 32.1. The number of rotatable bonds is 4. The molecule has 0 saturated heterocycles. The molecule has 0 radical (unpaired) electrons. The Morgan fingerprint density at radius 1 is 1.19 bits per heavy atom. The molecular formula is C20H26F3NOS. The lowest BCUT2D eigenvalue weighted by molar-refractivity contribution is -0.136. The van der Waals surface area contributed by atoms with Gasteiger partial charge in [-0.05, 0) is 68.8 Å². The second-order valence-electron chi connectivity index (χ2n) is 7.70. The number of nitrogens with one attached hydrogen (secondary N) is 1. The quantitative estimate of drug-likeness (QED) is 0.593. The molecule has 0 aromatic heterocycles. The summed E-state index contributed by atoms with van der Waals surface area (Å²) in [6.45, 7) is 2.22. The van der Waals surface area contributed by atoms with E-state index < -0.39 is 11.7 Å². The smallest absolute Gasteiger partial charge is 0.418 e. The van der Waals surface area contributed by atoms with E-state index in [4.69, 9.17) is 17.0 Å². The van der Waals surface area contributed by atoms with E-state index in [0.29, 0.717) is 0 Å². The minimum absolute atomic E-state index is 0.0307. The Balaban J connectivity index is 1.58. The average Bonchev–Trinajstić information content (AvgIpc) is 2.59. The van der Waals surface area contributed by atoms with Crippen LogP contribution in [0.4, 0.5) is 18.9 Å². The monoisotopic (exact) mass is 385 g/mol. The van der Waals surface area contributed by atoms with Crippen LogP contribution in [0.15, 0.2) is 24.3 Å². The molecule has 3 rings (SSSR count). The van der Waals surface area contributed by atoms with Crippen LogP contribution in [0.3, 0.4) is 0 Å². The highest BCUT2D eigenvalue weighted by molar-refractivity contribution is 7.80. The zero-order chi connectivity index (χ0) is 18.8. The van der Waals surface area contributed by atoms with Gasteiger partial charge in [0.2, 0.25) is 0 Å². The summed E-state index contributed by atoms with van der Waals surface area (Å²) >= 11 is 5.21. The summed E-state index contributed by atoms with van der Waals surface area (Å²) in [4.78, 5) is 0. The van der Waals surface area contributed by atoms with Crippen molar-refractivity contribution in [3.8, 4) is 0 Å². The summed E-state index contributed by atoms with van der Waals surface area (Å²) in [5.41, 5.74) is -0.598. The van der Waals surface area contributed by atoms with Crippen molar-refractivity contribution in [3.05, 3.63) is 29.8 Å². The highest BCUT2D eigenvalue weighted by Gasteiger charge is 2.50. The van der Waals surface area contributed by atoms with E-state index in [9.17, 15) is 13.2 Å². The number of thiocarbonyl (C=S) groups is 1. The molecule has 1 N–H and O–H groups in total. The molecule has 2 saturated carbocycles. The normalized spacial score (nSPS) is 28.5. The zero-order valence-electron chi connectivity index (χ0n) is 15.1. The average molecular weight is 385 g/mol. The van der Waals surface area contributed by atoms with E-state index in [1.54, 1.807) is 6.07 Å². The first-order valence-electron chi connectivity index (χ1n) is 9.48. The number of para-hydroxylation sites is 1. The highest BCUT2D eigenvalue weighted by Crippen LogP contribution is 2.54. The standard InChI is InChI=1S/C20H26F3NOS/c1-2-5-14-8-11-19(12-9-14)13-10-17(19)25-18(26)24-16-7-4-3-6-15(16)20(21,22)23/h3-4,6-7,14,17H,2,5,8-13H2,1H3,(H,24,26).